The number of hydrogen-bond donors (Lipinski definition) is 1. The largest absolute Gasteiger partial charge is 0.365 e. The lowest BCUT2D eigenvalue weighted by molar-refractivity contribution is 1.04. The second kappa shape index (κ2) is 6.27. The van der Waals surface area contributed by atoms with Gasteiger partial charge in [-0.15, -0.1) is 0 Å². The van der Waals surface area contributed by atoms with Crippen molar-refractivity contribution in [3.63, 3.8) is 0 Å². The fourth-order valence-corrected chi connectivity index (χ4v) is 3.06. The van der Waals surface area contributed by atoms with Crippen LogP contribution >= 0.6 is 15.9 Å². The van der Waals surface area contributed by atoms with Gasteiger partial charge >= 0.3 is 0 Å². The van der Waals surface area contributed by atoms with Crippen LogP contribution in [-0.4, -0.2) is 4.98 Å². The van der Waals surface area contributed by atoms with Crippen LogP contribution in [0.25, 0.3) is 10.8 Å². The number of aromatic nitrogens is 1. The van der Waals surface area contributed by atoms with Crippen molar-refractivity contribution in [2.45, 2.75) is 19.9 Å². The van der Waals surface area contributed by atoms with Gasteiger partial charge in [0.05, 0.1) is 0 Å². The third kappa shape index (κ3) is 2.93. The Morgan fingerprint density at radius 1 is 0.952 bits per heavy atom. The molecule has 0 aliphatic rings. The molecule has 0 saturated carbocycles. The molecular weight excluding hydrogens is 324 g/mol. The highest BCUT2D eigenvalue weighted by molar-refractivity contribution is 9.10. The molecule has 0 saturated heterocycles. The zero-order valence-electron chi connectivity index (χ0n) is 11.9. The molecular formula is C18H17BrN2. The minimum Gasteiger partial charge on any atom is -0.365 e. The van der Waals surface area contributed by atoms with E-state index in [0.717, 1.165) is 28.6 Å². The number of fused-ring (bicyclic) bond motifs is 1. The summed E-state index contributed by atoms with van der Waals surface area (Å²) in [4.78, 5) is 4.49. The Hall–Kier alpha value is -1.87. The molecule has 0 fully saturated rings. The van der Waals surface area contributed by atoms with Crippen molar-refractivity contribution in [2.75, 3.05) is 5.32 Å². The number of rotatable bonds is 4. The maximum Gasteiger partial charge on any atom is 0.134 e. The summed E-state index contributed by atoms with van der Waals surface area (Å²) in [5, 5.41) is 5.79. The Morgan fingerprint density at radius 2 is 1.76 bits per heavy atom. The molecule has 0 aliphatic carbocycles. The van der Waals surface area contributed by atoms with Crippen LogP contribution in [0.1, 0.15) is 18.1 Å². The molecule has 3 aromatic rings. The lowest BCUT2D eigenvalue weighted by Gasteiger charge is -2.12. The first kappa shape index (κ1) is 14.1. The van der Waals surface area contributed by atoms with Gasteiger partial charge in [-0.1, -0.05) is 59.3 Å². The van der Waals surface area contributed by atoms with Crippen molar-refractivity contribution >= 4 is 32.5 Å². The number of nitrogens with zero attached hydrogens (tertiary/aromatic N) is 1. The molecule has 2 nitrogen and oxygen atoms in total. The molecule has 0 bridgehead atoms. The quantitative estimate of drug-likeness (QED) is 0.708. The van der Waals surface area contributed by atoms with Crippen LogP contribution in [0, 0.1) is 0 Å². The van der Waals surface area contributed by atoms with Crippen LogP contribution in [0.3, 0.4) is 0 Å². The van der Waals surface area contributed by atoms with Gasteiger partial charge in [0.2, 0.25) is 0 Å². The highest BCUT2D eigenvalue weighted by Gasteiger charge is 2.05. The molecule has 0 aliphatic heterocycles. The van der Waals surface area contributed by atoms with E-state index in [2.05, 4.69) is 69.6 Å². The maximum atomic E-state index is 4.49. The lowest BCUT2D eigenvalue weighted by Crippen LogP contribution is -2.04. The normalized spacial score (nSPS) is 10.8. The average molecular weight is 341 g/mol. The Morgan fingerprint density at radius 3 is 2.57 bits per heavy atom. The van der Waals surface area contributed by atoms with E-state index in [1.165, 1.54) is 16.5 Å². The van der Waals surface area contributed by atoms with E-state index in [-0.39, 0.29) is 0 Å². The van der Waals surface area contributed by atoms with E-state index >= 15 is 0 Å². The highest BCUT2D eigenvalue weighted by atomic mass is 79.9. The third-order valence-electron chi connectivity index (χ3n) is 3.70. The predicted molar refractivity (Wildman–Crippen MR) is 92.6 cm³/mol. The van der Waals surface area contributed by atoms with Crippen LogP contribution in [-0.2, 0) is 13.0 Å². The minimum atomic E-state index is 0.794. The van der Waals surface area contributed by atoms with Crippen LogP contribution in [0.2, 0.25) is 0 Å². The Balaban J connectivity index is 1.91. The number of pyridine rings is 1. The smallest absolute Gasteiger partial charge is 0.134 e. The van der Waals surface area contributed by atoms with Gasteiger partial charge in [-0.25, -0.2) is 4.98 Å². The van der Waals surface area contributed by atoms with E-state index in [1.54, 1.807) is 0 Å². The second-order valence-corrected chi connectivity index (χ2v) is 5.82. The van der Waals surface area contributed by atoms with Gasteiger partial charge < -0.3 is 5.32 Å². The summed E-state index contributed by atoms with van der Waals surface area (Å²) >= 11 is 3.59. The van der Waals surface area contributed by atoms with Gasteiger partial charge in [-0.3, -0.25) is 0 Å². The molecule has 1 N–H and O–H groups in total. The summed E-state index contributed by atoms with van der Waals surface area (Å²) in [5.41, 5.74) is 2.71. The molecule has 21 heavy (non-hydrogen) atoms. The predicted octanol–water partition coefficient (Wildman–Crippen LogP) is 5.17. The SMILES string of the molecule is CCc1ccccc1CNc1nccc2c(Br)cccc12. The number of anilines is 1. The standard InChI is InChI=1S/C18H17BrN2/c1-2-13-6-3-4-7-14(13)12-21-18-16-8-5-9-17(19)15(16)10-11-20-18/h3-11H,2,12H2,1H3,(H,20,21). The molecule has 0 amide bonds. The Labute approximate surface area is 133 Å². The minimum absolute atomic E-state index is 0.794. The summed E-state index contributed by atoms with van der Waals surface area (Å²) in [6.45, 7) is 2.98. The van der Waals surface area contributed by atoms with Crippen LogP contribution in [0.4, 0.5) is 5.82 Å². The number of benzene rings is 2. The van der Waals surface area contributed by atoms with Crippen molar-refractivity contribution in [3.8, 4) is 0 Å². The fourth-order valence-electron chi connectivity index (χ4n) is 2.56. The van der Waals surface area contributed by atoms with E-state index in [0.29, 0.717) is 0 Å². The Bertz CT molecular complexity index is 768. The van der Waals surface area contributed by atoms with Crippen molar-refractivity contribution < 1.29 is 0 Å². The zero-order valence-corrected chi connectivity index (χ0v) is 13.5. The van der Waals surface area contributed by atoms with Gasteiger partial charge in [-0.05, 0) is 29.7 Å². The van der Waals surface area contributed by atoms with E-state index < -0.39 is 0 Å². The van der Waals surface area contributed by atoms with Crippen molar-refractivity contribution in [2.24, 2.45) is 0 Å². The van der Waals surface area contributed by atoms with Gasteiger partial charge in [0.25, 0.3) is 0 Å². The van der Waals surface area contributed by atoms with Crippen molar-refractivity contribution in [1.82, 2.24) is 4.98 Å². The molecule has 3 rings (SSSR count). The number of aryl methyl sites for hydroxylation is 1. The summed E-state index contributed by atoms with van der Waals surface area (Å²) in [6.07, 6.45) is 2.90. The van der Waals surface area contributed by atoms with Crippen molar-refractivity contribution in [1.29, 1.82) is 0 Å². The molecule has 0 atom stereocenters. The average Bonchev–Trinajstić information content (AvgIpc) is 2.53. The first-order chi connectivity index (χ1) is 10.3. The van der Waals surface area contributed by atoms with Crippen LogP contribution < -0.4 is 5.32 Å². The summed E-state index contributed by atoms with van der Waals surface area (Å²) in [7, 11) is 0. The van der Waals surface area contributed by atoms with E-state index in [4.69, 9.17) is 0 Å². The van der Waals surface area contributed by atoms with Gasteiger partial charge in [0, 0.05) is 28.0 Å². The Kier molecular flexibility index (Phi) is 4.20. The molecule has 106 valence electrons. The third-order valence-corrected chi connectivity index (χ3v) is 4.39. The van der Waals surface area contributed by atoms with Crippen LogP contribution in [0.5, 0.6) is 0 Å². The molecule has 0 radical (unpaired) electrons. The topological polar surface area (TPSA) is 24.9 Å². The molecule has 1 heterocycles. The maximum absolute atomic E-state index is 4.49. The number of nitrogens with one attached hydrogen (secondary N) is 1. The summed E-state index contributed by atoms with van der Waals surface area (Å²) < 4.78 is 1.10. The second-order valence-electron chi connectivity index (χ2n) is 4.97. The van der Waals surface area contributed by atoms with E-state index in [1.807, 2.05) is 18.3 Å². The van der Waals surface area contributed by atoms with E-state index in [9.17, 15) is 0 Å². The number of hydrogen-bond acceptors (Lipinski definition) is 2. The zero-order chi connectivity index (χ0) is 14.7. The fraction of sp³-hybridized carbons (Fsp3) is 0.167. The van der Waals surface area contributed by atoms with Crippen LogP contribution in [0.15, 0.2) is 59.2 Å². The molecule has 0 spiro atoms. The first-order valence-electron chi connectivity index (χ1n) is 7.13. The summed E-state index contributed by atoms with van der Waals surface area (Å²) in [5.74, 6) is 0.930. The van der Waals surface area contributed by atoms with Gasteiger partial charge in [0.1, 0.15) is 5.82 Å². The molecule has 0 unspecified atom stereocenters. The highest BCUT2D eigenvalue weighted by Crippen LogP contribution is 2.28. The van der Waals surface area contributed by atoms with Gasteiger partial charge in [-0.2, -0.15) is 0 Å². The summed E-state index contributed by atoms with van der Waals surface area (Å²) in [6, 6.07) is 16.8. The molecule has 2 aromatic carbocycles. The number of halogens is 1. The molecule has 1 aromatic heterocycles. The van der Waals surface area contributed by atoms with Crippen molar-refractivity contribution in [3.05, 3.63) is 70.3 Å². The molecule has 3 heteroatoms. The van der Waals surface area contributed by atoms with Gasteiger partial charge in [0.15, 0.2) is 0 Å². The lowest BCUT2D eigenvalue weighted by atomic mass is 10.1. The first-order valence-corrected chi connectivity index (χ1v) is 7.92. The monoisotopic (exact) mass is 340 g/mol.